The standard InChI is InChI=1S/C22H24N2O7S2/c1-5-11-23-33(28,29)16-10-8-9-15(12-16)21(26)31-13-18(25)24-20-19(22(27)30-7-3)17(6-2)14(4)32-20/h1,8-10,12,23H,6-7,11,13H2,2-4H3,(H,24,25). The van der Waals surface area contributed by atoms with E-state index in [4.69, 9.17) is 15.9 Å². The number of benzene rings is 1. The van der Waals surface area contributed by atoms with Crippen LogP contribution >= 0.6 is 11.3 Å². The van der Waals surface area contributed by atoms with Crippen LogP contribution < -0.4 is 10.0 Å². The molecule has 176 valence electrons. The van der Waals surface area contributed by atoms with Gasteiger partial charge in [-0.25, -0.2) is 18.0 Å². The van der Waals surface area contributed by atoms with Crippen molar-refractivity contribution in [2.24, 2.45) is 0 Å². The molecule has 0 bridgehead atoms. The average Bonchev–Trinajstić information content (AvgIpc) is 3.10. The second-order valence-corrected chi connectivity index (χ2v) is 9.59. The molecule has 0 aliphatic heterocycles. The third-order valence-corrected chi connectivity index (χ3v) is 6.84. The quantitative estimate of drug-likeness (QED) is 0.385. The second kappa shape index (κ2) is 11.6. The highest BCUT2D eigenvalue weighted by atomic mass is 32.2. The van der Waals surface area contributed by atoms with Gasteiger partial charge in [-0.1, -0.05) is 18.9 Å². The van der Waals surface area contributed by atoms with Crippen LogP contribution in [-0.4, -0.2) is 46.0 Å². The summed E-state index contributed by atoms with van der Waals surface area (Å²) in [7, 11) is -3.89. The van der Waals surface area contributed by atoms with E-state index in [2.05, 4.69) is 16.0 Å². The SMILES string of the molecule is C#CCNS(=O)(=O)c1cccc(C(=O)OCC(=O)Nc2sc(C)c(CC)c2C(=O)OCC)c1. The normalized spacial score (nSPS) is 10.8. The first kappa shape index (κ1) is 26.1. The van der Waals surface area contributed by atoms with Crippen LogP contribution in [0.4, 0.5) is 5.00 Å². The molecule has 33 heavy (non-hydrogen) atoms. The van der Waals surface area contributed by atoms with E-state index < -0.39 is 34.5 Å². The molecule has 0 saturated heterocycles. The van der Waals surface area contributed by atoms with Crippen LogP contribution in [0.1, 0.15) is 45.0 Å². The minimum Gasteiger partial charge on any atom is -0.462 e. The molecule has 1 heterocycles. The van der Waals surface area contributed by atoms with Crippen LogP contribution in [0.5, 0.6) is 0 Å². The van der Waals surface area contributed by atoms with Crippen LogP contribution in [-0.2, 0) is 30.7 Å². The number of ether oxygens (including phenoxy) is 2. The maximum Gasteiger partial charge on any atom is 0.341 e. The number of hydrogen-bond acceptors (Lipinski definition) is 8. The summed E-state index contributed by atoms with van der Waals surface area (Å²) in [6, 6.07) is 5.14. The van der Waals surface area contributed by atoms with E-state index in [1.807, 2.05) is 13.8 Å². The van der Waals surface area contributed by atoms with Gasteiger partial charge in [0.2, 0.25) is 10.0 Å². The third-order valence-electron chi connectivity index (χ3n) is 4.37. The predicted molar refractivity (Wildman–Crippen MR) is 124 cm³/mol. The smallest absolute Gasteiger partial charge is 0.341 e. The number of sulfonamides is 1. The van der Waals surface area contributed by atoms with Gasteiger partial charge in [-0.3, -0.25) is 4.79 Å². The molecule has 9 nitrogen and oxygen atoms in total. The van der Waals surface area contributed by atoms with E-state index in [0.29, 0.717) is 17.0 Å². The number of carbonyl (C=O) groups is 3. The Labute approximate surface area is 196 Å². The van der Waals surface area contributed by atoms with Gasteiger partial charge >= 0.3 is 11.9 Å². The number of nitrogens with one attached hydrogen (secondary N) is 2. The first-order valence-electron chi connectivity index (χ1n) is 9.94. The largest absolute Gasteiger partial charge is 0.462 e. The predicted octanol–water partition coefficient (Wildman–Crippen LogP) is 2.50. The van der Waals surface area contributed by atoms with Gasteiger partial charge in [-0.05, 0) is 44.0 Å². The Kier molecular flexibility index (Phi) is 9.16. The summed E-state index contributed by atoms with van der Waals surface area (Å²) in [5.41, 5.74) is 1.01. The topological polar surface area (TPSA) is 128 Å². The summed E-state index contributed by atoms with van der Waals surface area (Å²) in [4.78, 5) is 37.8. The van der Waals surface area contributed by atoms with Crippen molar-refractivity contribution in [3.05, 3.63) is 45.8 Å². The number of esters is 2. The Morgan fingerprint density at radius 1 is 1.15 bits per heavy atom. The Morgan fingerprint density at radius 2 is 1.88 bits per heavy atom. The molecule has 0 aliphatic carbocycles. The van der Waals surface area contributed by atoms with Crippen molar-refractivity contribution in [1.29, 1.82) is 0 Å². The van der Waals surface area contributed by atoms with E-state index in [-0.39, 0.29) is 23.6 Å². The lowest BCUT2D eigenvalue weighted by Gasteiger charge is -2.09. The molecule has 2 rings (SSSR count). The number of terminal acetylenes is 1. The number of thiophene rings is 1. The van der Waals surface area contributed by atoms with Crippen molar-refractivity contribution in [3.8, 4) is 12.3 Å². The number of rotatable bonds is 10. The zero-order valence-electron chi connectivity index (χ0n) is 18.4. The fraction of sp³-hybridized carbons (Fsp3) is 0.318. The highest BCUT2D eigenvalue weighted by Crippen LogP contribution is 2.34. The van der Waals surface area contributed by atoms with Gasteiger partial charge in [0.1, 0.15) is 5.00 Å². The molecule has 0 atom stereocenters. The summed E-state index contributed by atoms with van der Waals surface area (Å²) in [5, 5.41) is 2.90. The first-order valence-corrected chi connectivity index (χ1v) is 12.2. The number of amides is 1. The van der Waals surface area contributed by atoms with E-state index in [1.54, 1.807) is 6.92 Å². The second-order valence-electron chi connectivity index (χ2n) is 6.60. The summed E-state index contributed by atoms with van der Waals surface area (Å²) < 4.78 is 36.6. The fourth-order valence-electron chi connectivity index (χ4n) is 2.90. The zero-order chi connectivity index (χ0) is 24.6. The summed E-state index contributed by atoms with van der Waals surface area (Å²) >= 11 is 1.23. The van der Waals surface area contributed by atoms with Crippen molar-refractivity contribution >= 4 is 44.2 Å². The Balaban J connectivity index is 2.09. The van der Waals surface area contributed by atoms with E-state index in [0.717, 1.165) is 16.5 Å². The van der Waals surface area contributed by atoms with E-state index in [9.17, 15) is 22.8 Å². The lowest BCUT2D eigenvalue weighted by Crippen LogP contribution is -2.24. The maximum atomic E-state index is 12.4. The Hall–Kier alpha value is -3.20. The third kappa shape index (κ3) is 6.64. The summed E-state index contributed by atoms with van der Waals surface area (Å²) in [5.74, 6) is 0.0733. The Morgan fingerprint density at radius 3 is 2.52 bits per heavy atom. The summed E-state index contributed by atoms with van der Waals surface area (Å²) in [6.07, 6.45) is 5.64. The molecule has 0 radical (unpaired) electrons. The molecule has 2 N–H and O–H groups in total. The van der Waals surface area contributed by atoms with Crippen LogP contribution in [0.3, 0.4) is 0 Å². The molecular weight excluding hydrogens is 468 g/mol. The van der Waals surface area contributed by atoms with Gasteiger partial charge < -0.3 is 14.8 Å². The number of anilines is 1. The maximum absolute atomic E-state index is 12.4. The van der Waals surface area contributed by atoms with E-state index >= 15 is 0 Å². The monoisotopic (exact) mass is 492 g/mol. The van der Waals surface area contributed by atoms with Crippen LogP contribution in [0.25, 0.3) is 0 Å². The minimum atomic E-state index is -3.89. The molecule has 0 aliphatic rings. The lowest BCUT2D eigenvalue weighted by atomic mass is 10.1. The van der Waals surface area contributed by atoms with E-state index in [1.165, 1.54) is 29.5 Å². The van der Waals surface area contributed by atoms with Crippen molar-refractivity contribution < 1.29 is 32.3 Å². The fourth-order valence-corrected chi connectivity index (χ4v) is 5.03. The first-order chi connectivity index (χ1) is 15.6. The van der Waals surface area contributed by atoms with Gasteiger partial charge in [-0.15, -0.1) is 17.8 Å². The zero-order valence-corrected chi connectivity index (χ0v) is 20.0. The van der Waals surface area contributed by atoms with Crippen molar-refractivity contribution in [2.45, 2.75) is 32.1 Å². The van der Waals surface area contributed by atoms with Crippen LogP contribution in [0, 0.1) is 19.3 Å². The number of aryl methyl sites for hydroxylation is 1. The van der Waals surface area contributed by atoms with Crippen molar-refractivity contribution in [3.63, 3.8) is 0 Å². The minimum absolute atomic E-state index is 0.0566. The summed E-state index contributed by atoms with van der Waals surface area (Å²) in [6.45, 7) is 4.77. The van der Waals surface area contributed by atoms with Gasteiger partial charge in [-0.2, -0.15) is 4.72 Å². The molecule has 0 saturated carbocycles. The van der Waals surface area contributed by atoms with Gasteiger partial charge in [0, 0.05) is 4.88 Å². The highest BCUT2D eigenvalue weighted by Gasteiger charge is 2.24. The molecule has 0 spiro atoms. The van der Waals surface area contributed by atoms with Crippen molar-refractivity contribution in [2.75, 3.05) is 25.1 Å². The van der Waals surface area contributed by atoms with Gasteiger partial charge in [0.25, 0.3) is 5.91 Å². The number of hydrogen-bond donors (Lipinski definition) is 2. The number of carbonyl (C=O) groups excluding carboxylic acids is 3. The lowest BCUT2D eigenvalue weighted by molar-refractivity contribution is -0.119. The molecular formula is C22H24N2O7S2. The molecule has 1 amide bonds. The van der Waals surface area contributed by atoms with Gasteiger partial charge in [0.15, 0.2) is 6.61 Å². The highest BCUT2D eigenvalue weighted by molar-refractivity contribution is 7.89. The average molecular weight is 493 g/mol. The molecule has 1 aromatic carbocycles. The van der Waals surface area contributed by atoms with Crippen LogP contribution in [0.2, 0.25) is 0 Å². The van der Waals surface area contributed by atoms with Crippen LogP contribution in [0.15, 0.2) is 29.2 Å². The molecule has 0 unspecified atom stereocenters. The Bertz CT molecular complexity index is 1190. The molecule has 0 fully saturated rings. The molecule has 11 heteroatoms. The van der Waals surface area contributed by atoms with Gasteiger partial charge in [0.05, 0.1) is 29.2 Å². The molecule has 2 aromatic rings. The van der Waals surface area contributed by atoms with Crippen molar-refractivity contribution in [1.82, 2.24) is 4.72 Å². The molecule has 1 aromatic heterocycles.